The van der Waals surface area contributed by atoms with Crippen LogP contribution in [0.4, 0.5) is 9.59 Å². The van der Waals surface area contributed by atoms with Gasteiger partial charge in [-0.05, 0) is 57.6 Å². The van der Waals surface area contributed by atoms with Crippen molar-refractivity contribution in [3.63, 3.8) is 0 Å². The number of carbonyl (C=O) groups excluding carboxylic acids is 5. The first kappa shape index (κ1) is 40.7. The largest absolute Gasteiger partial charge is 0.698 e. The summed E-state index contributed by atoms with van der Waals surface area (Å²) in [6.45, 7) is 5.81. The molecule has 3 rings (SSSR count). The highest BCUT2D eigenvalue weighted by Gasteiger charge is 2.35. The van der Waals surface area contributed by atoms with E-state index in [1.165, 1.54) is 6.92 Å². The standard InChI is InChI=1S/C33H50N5O11P/c1-3-4-13-26(23-47-50(44)49-24(2)30(40)48-31(41)28-15-10-17-34-28)36-29(39)27(37-32(42)38-18-20-45-21-19-38)14-8-9-16-35-33(43)46-22-25-11-6-5-7-12-25/h5-7,11-12,24,26-28,34H,3-4,8-10,13-23H2,1-2H3,(H2-,35,36,37,39,42,43)/p+1/t24?,26?,27?,28-/m0/s1. The fourth-order valence-electron chi connectivity index (χ4n) is 5.16. The van der Waals surface area contributed by atoms with Crippen molar-refractivity contribution in [2.45, 2.75) is 96.1 Å². The summed E-state index contributed by atoms with van der Waals surface area (Å²) in [7, 11) is -2.80. The zero-order valence-electron chi connectivity index (χ0n) is 28.9. The number of unbranched alkanes of at least 4 members (excludes halogenated alkanes) is 2. The Hall–Kier alpha value is -3.69. The summed E-state index contributed by atoms with van der Waals surface area (Å²) < 4.78 is 38.5. The lowest BCUT2D eigenvalue weighted by atomic mass is 10.1. The van der Waals surface area contributed by atoms with E-state index < -0.39 is 62.5 Å². The van der Waals surface area contributed by atoms with E-state index in [1.54, 1.807) is 4.90 Å². The Morgan fingerprint density at radius 3 is 2.50 bits per heavy atom. The van der Waals surface area contributed by atoms with Gasteiger partial charge >= 0.3 is 32.3 Å². The molecule has 2 fully saturated rings. The SMILES string of the molecule is CCCCC(CO[P+](=O)OC(C)C(=O)OC(=O)[C@@H]1CCCN1)NC(=O)C(CCCCNC(=O)OCc1ccccc1)NC(=O)N1CCOCC1. The first-order valence-corrected chi connectivity index (χ1v) is 18.4. The number of alkyl carbamates (subject to hydrolysis) is 1. The third-order valence-electron chi connectivity index (χ3n) is 8.07. The minimum absolute atomic E-state index is 0.149. The Balaban J connectivity index is 1.49. The van der Waals surface area contributed by atoms with E-state index in [0.717, 1.165) is 24.8 Å². The van der Waals surface area contributed by atoms with Gasteiger partial charge in [0.1, 0.15) is 25.3 Å². The number of morpholine rings is 1. The Kier molecular flexibility index (Phi) is 18.7. The molecule has 4 amide bonds. The normalized spacial score (nSPS) is 17.9. The number of carbonyl (C=O) groups is 5. The number of amides is 4. The highest BCUT2D eigenvalue weighted by atomic mass is 31.1. The number of rotatable bonds is 20. The second-order valence-corrected chi connectivity index (χ2v) is 13.0. The molecule has 4 unspecified atom stereocenters. The molecule has 0 saturated carbocycles. The molecule has 16 nitrogen and oxygen atoms in total. The molecular formula is C33H51N5O11P+. The minimum Gasteiger partial charge on any atom is -0.445 e. The summed E-state index contributed by atoms with van der Waals surface area (Å²) in [5.41, 5.74) is 0.870. The van der Waals surface area contributed by atoms with E-state index in [2.05, 4.69) is 21.3 Å². The first-order chi connectivity index (χ1) is 24.2. The van der Waals surface area contributed by atoms with Crippen molar-refractivity contribution in [1.82, 2.24) is 26.2 Å². The maximum atomic E-state index is 13.5. The number of nitrogens with zero attached hydrogens (tertiary/aromatic N) is 1. The lowest BCUT2D eigenvalue weighted by Gasteiger charge is -2.29. The lowest BCUT2D eigenvalue weighted by Crippen LogP contribution is -2.55. The van der Waals surface area contributed by atoms with E-state index >= 15 is 0 Å². The second kappa shape index (κ2) is 22.9. The van der Waals surface area contributed by atoms with Crippen LogP contribution < -0.4 is 21.3 Å². The quantitative estimate of drug-likeness (QED) is 0.0664. The van der Waals surface area contributed by atoms with Gasteiger partial charge in [0, 0.05) is 24.2 Å². The monoisotopic (exact) mass is 724 g/mol. The highest BCUT2D eigenvalue weighted by molar-refractivity contribution is 7.33. The van der Waals surface area contributed by atoms with E-state index in [-0.39, 0.29) is 19.6 Å². The molecule has 2 saturated heterocycles. The molecule has 0 aliphatic carbocycles. The van der Waals surface area contributed by atoms with Crippen molar-refractivity contribution in [3.8, 4) is 0 Å². The number of nitrogens with one attached hydrogen (secondary N) is 4. The fourth-order valence-corrected chi connectivity index (χ4v) is 5.86. The van der Waals surface area contributed by atoms with Crippen LogP contribution in [0.25, 0.3) is 0 Å². The van der Waals surface area contributed by atoms with Gasteiger partial charge in [-0.25, -0.2) is 19.2 Å². The zero-order chi connectivity index (χ0) is 36.1. The second-order valence-electron chi connectivity index (χ2n) is 12.1. The molecule has 0 spiro atoms. The average molecular weight is 725 g/mol. The summed E-state index contributed by atoms with van der Waals surface area (Å²) in [4.78, 5) is 64.6. The van der Waals surface area contributed by atoms with Crippen molar-refractivity contribution >= 4 is 38.2 Å². The molecule has 5 atom stereocenters. The number of ether oxygens (including phenoxy) is 3. The molecule has 0 radical (unpaired) electrons. The lowest BCUT2D eigenvalue weighted by molar-refractivity contribution is -0.165. The van der Waals surface area contributed by atoms with Crippen LogP contribution in [0.1, 0.15) is 70.8 Å². The van der Waals surface area contributed by atoms with Gasteiger partial charge in [-0.1, -0.05) is 50.1 Å². The summed E-state index contributed by atoms with van der Waals surface area (Å²) in [5.74, 6) is -2.14. The van der Waals surface area contributed by atoms with Crippen LogP contribution in [0.2, 0.25) is 0 Å². The predicted molar refractivity (Wildman–Crippen MR) is 181 cm³/mol. The van der Waals surface area contributed by atoms with E-state index in [4.69, 9.17) is 23.3 Å². The fraction of sp³-hybridized carbons (Fsp3) is 0.667. The number of hydrogen-bond acceptors (Lipinski definition) is 12. The van der Waals surface area contributed by atoms with Crippen LogP contribution in [-0.4, -0.2) is 105 Å². The number of hydrogen-bond donors (Lipinski definition) is 4. The third kappa shape index (κ3) is 15.5. The van der Waals surface area contributed by atoms with Crippen LogP contribution >= 0.6 is 8.25 Å². The van der Waals surface area contributed by atoms with Crippen molar-refractivity contribution in [3.05, 3.63) is 35.9 Å². The Morgan fingerprint density at radius 2 is 1.80 bits per heavy atom. The Bertz CT molecular complexity index is 1250. The summed E-state index contributed by atoms with van der Waals surface area (Å²) in [5, 5.41) is 11.4. The van der Waals surface area contributed by atoms with E-state index in [1.807, 2.05) is 37.3 Å². The van der Waals surface area contributed by atoms with Gasteiger partial charge in [0.2, 0.25) is 12.0 Å². The molecule has 278 valence electrons. The smallest absolute Gasteiger partial charge is 0.445 e. The molecule has 17 heteroatoms. The van der Waals surface area contributed by atoms with E-state index in [9.17, 15) is 28.5 Å². The van der Waals surface area contributed by atoms with Crippen molar-refractivity contribution < 1.29 is 51.8 Å². The molecule has 2 aliphatic rings. The summed E-state index contributed by atoms with van der Waals surface area (Å²) >= 11 is 0. The van der Waals surface area contributed by atoms with Gasteiger partial charge in [-0.3, -0.25) is 4.79 Å². The molecule has 0 aromatic heterocycles. The number of esters is 2. The third-order valence-corrected chi connectivity index (χ3v) is 8.92. The molecule has 2 aliphatic heterocycles. The Morgan fingerprint density at radius 1 is 1.04 bits per heavy atom. The predicted octanol–water partition coefficient (Wildman–Crippen LogP) is 3.07. The van der Waals surface area contributed by atoms with Crippen molar-refractivity contribution in [2.75, 3.05) is 46.0 Å². The average Bonchev–Trinajstić information content (AvgIpc) is 3.67. The molecule has 4 N–H and O–H groups in total. The molecule has 0 bridgehead atoms. The van der Waals surface area contributed by atoms with Crippen LogP contribution in [0.3, 0.4) is 0 Å². The molecular weight excluding hydrogens is 673 g/mol. The zero-order valence-corrected chi connectivity index (χ0v) is 29.8. The molecule has 1 aromatic carbocycles. The highest BCUT2D eigenvalue weighted by Crippen LogP contribution is 2.27. The summed E-state index contributed by atoms with van der Waals surface area (Å²) in [6, 6.07) is 6.88. The maximum absolute atomic E-state index is 13.5. The Labute approximate surface area is 293 Å². The summed E-state index contributed by atoms with van der Waals surface area (Å²) in [6.07, 6.45) is 2.83. The van der Waals surface area contributed by atoms with Crippen LogP contribution in [0.5, 0.6) is 0 Å². The van der Waals surface area contributed by atoms with Crippen LogP contribution in [0, 0.1) is 0 Å². The van der Waals surface area contributed by atoms with Gasteiger partial charge in [0.25, 0.3) is 0 Å². The number of urea groups is 1. The van der Waals surface area contributed by atoms with Gasteiger partial charge in [-0.15, -0.1) is 9.05 Å². The van der Waals surface area contributed by atoms with Crippen molar-refractivity contribution in [1.29, 1.82) is 0 Å². The van der Waals surface area contributed by atoms with Gasteiger partial charge < -0.3 is 40.4 Å². The first-order valence-electron chi connectivity index (χ1n) is 17.3. The van der Waals surface area contributed by atoms with Crippen LogP contribution in [0.15, 0.2) is 30.3 Å². The van der Waals surface area contributed by atoms with Crippen molar-refractivity contribution in [2.24, 2.45) is 0 Å². The molecule has 2 heterocycles. The number of benzene rings is 1. The topological polar surface area (TPSA) is 200 Å². The van der Waals surface area contributed by atoms with Gasteiger partial charge in [0.05, 0.1) is 19.3 Å². The van der Waals surface area contributed by atoms with Gasteiger partial charge in [0.15, 0.2) is 0 Å². The molecule has 50 heavy (non-hydrogen) atoms. The molecule has 1 aromatic rings. The van der Waals surface area contributed by atoms with Crippen LogP contribution in [-0.2, 0) is 48.8 Å². The van der Waals surface area contributed by atoms with E-state index in [0.29, 0.717) is 65.1 Å². The minimum atomic E-state index is -2.80. The van der Waals surface area contributed by atoms with Gasteiger partial charge in [-0.2, -0.15) is 0 Å². The maximum Gasteiger partial charge on any atom is 0.698 e.